The van der Waals surface area contributed by atoms with Crippen molar-refractivity contribution in [3.8, 4) is 0 Å². The van der Waals surface area contributed by atoms with Gasteiger partial charge in [0.1, 0.15) is 0 Å². The lowest BCUT2D eigenvalue weighted by Crippen LogP contribution is -2.00. The van der Waals surface area contributed by atoms with Crippen molar-refractivity contribution in [3.05, 3.63) is 71.3 Å². The van der Waals surface area contributed by atoms with Gasteiger partial charge in [-0.2, -0.15) is 0 Å². The Kier molecular flexibility index (Phi) is 5.86. The zero-order chi connectivity index (χ0) is 14.2. The highest BCUT2D eigenvalue weighted by Crippen LogP contribution is 2.17. The number of rotatable bonds is 7. The highest BCUT2D eigenvalue weighted by atomic mass is 14.1. The maximum Gasteiger partial charge on any atom is -0.00257 e. The first kappa shape index (κ1) is 14.8. The van der Waals surface area contributed by atoms with Gasteiger partial charge in [0.05, 0.1) is 0 Å². The second-order valence-electron chi connectivity index (χ2n) is 5.93. The minimum Gasteiger partial charge on any atom is -0.0654 e. The predicted octanol–water partition coefficient (Wildman–Crippen LogP) is 5.65. The van der Waals surface area contributed by atoms with Gasteiger partial charge >= 0.3 is 0 Å². The van der Waals surface area contributed by atoms with Crippen molar-refractivity contribution in [1.82, 2.24) is 0 Å². The van der Waals surface area contributed by atoms with Crippen LogP contribution in [0.2, 0.25) is 0 Å². The number of unbranched alkanes of at least 4 members (excludes halogenated alkanes) is 1. The van der Waals surface area contributed by atoms with Crippen LogP contribution in [0.1, 0.15) is 49.8 Å². The zero-order valence-corrected chi connectivity index (χ0v) is 12.8. The summed E-state index contributed by atoms with van der Waals surface area (Å²) in [6.45, 7) is 4.65. The zero-order valence-electron chi connectivity index (χ0n) is 12.8. The van der Waals surface area contributed by atoms with E-state index in [4.69, 9.17) is 0 Å². The van der Waals surface area contributed by atoms with Gasteiger partial charge in [-0.15, -0.1) is 0 Å². The second kappa shape index (κ2) is 7.89. The fraction of sp³-hybridized carbons (Fsp3) is 0.400. The van der Waals surface area contributed by atoms with Crippen LogP contribution in [0.5, 0.6) is 0 Å². The molecule has 0 aliphatic carbocycles. The van der Waals surface area contributed by atoms with Gasteiger partial charge in [0.15, 0.2) is 0 Å². The fourth-order valence-electron chi connectivity index (χ4n) is 2.76. The lowest BCUT2D eigenvalue weighted by atomic mass is 9.94. The van der Waals surface area contributed by atoms with Gasteiger partial charge in [0.2, 0.25) is 0 Å². The molecule has 106 valence electrons. The van der Waals surface area contributed by atoms with E-state index >= 15 is 0 Å². The molecule has 0 aliphatic rings. The summed E-state index contributed by atoms with van der Waals surface area (Å²) in [7, 11) is 0. The molecular formula is C20H26. The van der Waals surface area contributed by atoms with E-state index in [2.05, 4.69) is 68.4 Å². The smallest absolute Gasteiger partial charge is 0.00257 e. The lowest BCUT2D eigenvalue weighted by molar-refractivity contribution is 0.503. The molecule has 0 amide bonds. The third-order valence-electron chi connectivity index (χ3n) is 3.88. The minimum atomic E-state index is 0.793. The molecule has 0 spiro atoms. The summed E-state index contributed by atoms with van der Waals surface area (Å²) < 4.78 is 0. The molecule has 1 atom stereocenters. The van der Waals surface area contributed by atoms with Gasteiger partial charge in [0, 0.05) is 0 Å². The summed E-state index contributed by atoms with van der Waals surface area (Å²) >= 11 is 0. The third-order valence-corrected chi connectivity index (χ3v) is 3.88. The summed E-state index contributed by atoms with van der Waals surface area (Å²) in [5.41, 5.74) is 4.31. The minimum absolute atomic E-state index is 0.793. The van der Waals surface area contributed by atoms with E-state index in [0.717, 1.165) is 12.3 Å². The summed E-state index contributed by atoms with van der Waals surface area (Å²) in [5.74, 6) is 0.793. The molecule has 0 fully saturated rings. The predicted molar refractivity (Wildman–Crippen MR) is 88.1 cm³/mol. The van der Waals surface area contributed by atoms with Gasteiger partial charge in [-0.25, -0.2) is 0 Å². The Morgan fingerprint density at radius 3 is 2.30 bits per heavy atom. The van der Waals surface area contributed by atoms with E-state index in [1.165, 1.54) is 42.4 Å². The van der Waals surface area contributed by atoms with E-state index < -0.39 is 0 Å². The van der Waals surface area contributed by atoms with E-state index in [1.54, 1.807) is 0 Å². The van der Waals surface area contributed by atoms with Crippen molar-refractivity contribution in [3.63, 3.8) is 0 Å². The molecule has 1 unspecified atom stereocenters. The maximum absolute atomic E-state index is 2.38. The van der Waals surface area contributed by atoms with Crippen molar-refractivity contribution in [2.45, 2.75) is 46.0 Å². The van der Waals surface area contributed by atoms with E-state index in [9.17, 15) is 0 Å². The summed E-state index contributed by atoms with van der Waals surface area (Å²) in [6, 6.07) is 19.8. The van der Waals surface area contributed by atoms with Crippen molar-refractivity contribution in [1.29, 1.82) is 0 Å². The SMILES string of the molecule is CCCCC(C)Cc1cccc(Cc2ccccc2)c1. The topological polar surface area (TPSA) is 0 Å². The normalized spacial score (nSPS) is 12.3. The summed E-state index contributed by atoms with van der Waals surface area (Å²) in [4.78, 5) is 0. The van der Waals surface area contributed by atoms with Gasteiger partial charge in [-0.1, -0.05) is 87.7 Å². The number of hydrogen-bond acceptors (Lipinski definition) is 0. The largest absolute Gasteiger partial charge is 0.0654 e. The molecule has 0 heteroatoms. The molecule has 0 heterocycles. The van der Waals surface area contributed by atoms with Crippen LogP contribution in [-0.4, -0.2) is 0 Å². The number of hydrogen-bond donors (Lipinski definition) is 0. The van der Waals surface area contributed by atoms with Crippen LogP contribution in [0, 0.1) is 5.92 Å². The Morgan fingerprint density at radius 1 is 0.850 bits per heavy atom. The van der Waals surface area contributed by atoms with Gasteiger partial charge in [0.25, 0.3) is 0 Å². The van der Waals surface area contributed by atoms with Crippen LogP contribution in [-0.2, 0) is 12.8 Å². The van der Waals surface area contributed by atoms with Crippen LogP contribution in [0.4, 0.5) is 0 Å². The standard InChI is InChI=1S/C20H26/c1-3-4-9-17(2)14-19-12-8-13-20(16-19)15-18-10-6-5-7-11-18/h5-8,10-13,16-17H,3-4,9,14-15H2,1-2H3. The van der Waals surface area contributed by atoms with E-state index in [-0.39, 0.29) is 0 Å². The lowest BCUT2D eigenvalue weighted by Gasteiger charge is -2.12. The molecule has 0 saturated carbocycles. The molecule has 20 heavy (non-hydrogen) atoms. The Labute approximate surface area is 123 Å². The van der Waals surface area contributed by atoms with Crippen molar-refractivity contribution in [2.75, 3.05) is 0 Å². The maximum atomic E-state index is 2.38. The molecular weight excluding hydrogens is 240 g/mol. The first-order chi connectivity index (χ1) is 9.78. The van der Waals surface area contributed by atoms with E-state index in [0.29, 0.717) is 0 Å². The Bertz CT molecular complexity index is 498. The average molecular weight is 266 g/mol. The first-order valence-electron chi connectivity index (χ1n) is 7.89. The van der Waals surface area contributed by atoms with Crippen LogP contribution in [0.15, 0.2) is 54.6 Å². The fourth-order valence-corrected chi connectivity index (χ4v) is 2.76. The molecule has 0 bridgehead atoms. The van der Waals surface area contributed by atoms with Crippen LogP contribution in [0.25, 0.3) is 0 Å². The van der Waals surface area contributed by atoms with Crippen LogP contribution >= 0.6 is 0 Å². The molecule has 2 rings (SSSR count). The molecule has 0 N–H and O–H groups in total. The van der Waals surface area contributed by atoms with Crippen molar-refractivity contribution in [2.24, 2.45) is 5.92 Å². The van der Waals surface area contributed by atoms with Gasteiger partial charge in [-0.05, 0) is 35.4 Å². The second-order valence-corrected chi connectivity index (χ2v) is 5.93. The number of benzene rings is 2. The third kappa shape index (κ3) is 4.85. The highest BCUT2D eigenvalue weighted by Gasteiger charge is 2.04. The summed E-state index contributed by atoms with van der Waals surface area (Å²) in [5, 5.41) is 0. The highest BCUT2D eigenvalue weighted by molar-refractivity contribution is 5.29. The molecule has 0 aliphatic heterocycles. The first-order valence-corrected chi connectivity index (χ1v) is 7.89. The van der Waals surface area contributed by atoms with Gasteiger partial charge < -0.3 is 0 Å². The van der Waals surface area contributed by atoms with Crippen molar-refractivity contribution < 1.29 is 0 Å². The van der Waals surface area contributed by atoms with Crippen LogP contribution < -0.4 is 0 Å². The molecule has 0 radical (unpaired) electrons. The van der Waals surface area contributed by atoms with E-state index in [1.807, 2.05) is 0 Å². The molecule has 0 nitrogen and oxygen atoms in total. The molecule has 0 saturated heterocycles. The molecule has 0 aromatic heterocycles. The summed E-state index contributed by atoms with van der Waals surface area (Å²) in [6.07, 6.45) is 6.25. The molecule has 2 aromatic carbocycles. The monoisotopic (exact) mass is 266 g/mol. The van der Waals surface area contributed by atoms with Crippen molar-refractivity contribution >= 4 is 0 Å². The molecule has 2 aromatic rings. The Morgan fingerprint density at radius 2 is 1.55 bits per heavy atom. The Balaban J connectivity index is 1.97. The average Bonchev–Trinajstić information content (AvgIpc) is 2.46. The Hall–Kier alpha value is -1.56. The van der Waals surface area contributed by atoms with Gasteiger partial charge in [-0.3, -0.25) is 0 Å². The quantitative estimate of drug-likeness (QED) is 0.608. The van der Waals surface area contributed by atoms with Crippen LogP contribution in [0.3, 0.4) is 0 Å².